The number of anilines is 1. The molecule has 0 fully saturated rings. The van der Waals surface area contributed by atoms with Gasteiger partial charge in [0.1, 0.15) is 6.54 Å². The molecule has 106 valence electrons. The number of carboxylic acid groups (broad SMARTS) is 1. The van der Waals surface area contributed by atoms with Crippen molar-refractivity contribution in [2.45, 2.75) is 0 Å². The van der Waals surface area contributed by atoms with Crippen LogP contribution in [0, 0.1) is 11.8 Å². The van der Waals surface area contributed by atoms with Gasteiger partial charge in [0, 0.05) is 16.3 Å². The quantitative estimate of drug-likeness (QED) is 0.881. The third-order valence-corrected chi connectivity index (χ3v) is 3.05. The van der Waals surface area contributed by atoms with Crippen LogP contribution in [0.3, 0.4) is 0 Å². The molecule has 4 heteroatoms. The van der Waals surface area contributed by atoms with Crippen LogP contribution in [-0.4, -0.2) is 24.2 Å². The van der Waals surface area contributed by atoms with Crippen molar-refractivity contribution in [1.29, 1.82) is 0 Å². The van der Waals surface area contributed by atoms with Crippen molar-refractivity contribution in [3.05, 3.63) is 65.2 Å². The number of benzene rings is 2. The molecule has 0 spiro atoms. The van der Waals surface area contributed by atoms with Gasteiger partial charge in [0.15, 0.2) is 0 Å². The van der Waals surface area contributed by atoms with E-state index < -0.39 is 5.97 Å². The lowest BCUT2D eigenvalue weighted by molar-refractivity contribution is -0.135. The lowest BCUT2D eigenvalue weighted by Crippen LogP contribution is -2.29. The number of hydrogen-bond acceptors (Lipinski definition) is 2. The number of halogens is 1. The molecule has 3 nitrogen and oxygen atoms in total. The molecule has 2 rings (SSSR count). The van der Waals surface area contributed by atoms with Crippen molar-refractivity contribution in [1.82, 2.24) is 0 Å². The Morgan fingerprint density at radius 2 is 1.76 bits per heavy atom. The molecule has 0 aliphatic carbocycles. The van der Waals surface area contributed by atoms with Crippen LogP contribution in [0.5, 0.6) is 0 Å². The van der Waals surface area contributed by atoms with Crippen LogP contribution < -0.4 is 4.90 Å². The van der Waals surface area contributed by atoms with Crippen LogP contribution in [0.4, 0.5) is 5.69 Å². The molecule has 0 amide bonds. The second kappa shape index (κ2) is 7.37. The molecule has 2 aromatic carbocycles. The van der Waals surface area contributed by atoms with E-state index >= 15 is 0 Å². The second-order valence-corrected chi connectivity index (χ2v) is 4.83. The van der Waals surface area contributed by atoms with E-state index in [1.165, 1.54) is 0 Å². The van der Waals surface area contributed by atoms with Crippen LogP contribution in [0.1, 0.15) is 5.56 Å². The standard InChI is InChI=1S/C17H14ClNO2/c18-15-8-10-16(11-9-15)19(13-17(20)21)12-4-7-14-5-2-1-3-6-14/h1-3,5-6,8-11H,12-13H2,(H,20,21). The lowest BCUT2D eigenvalue weighted by atomic mass is 10.2. The zero-order valence-electron chi connectivity index (χ0n) is 11.3. The van der Waals surface area contributed by atoms with Gasteiger partial charge in [-0.25, -0.2) is 0 Å². The van der Waals surface area contributed by atoms with Crippen LogP contribution in [0.2, 0.25) is 5.02 Å². The fourth-order valence-corrected chi connectivity index (χ4v) is 1.94. The Labute approximate surface area is 128 Å². The Balaban J connectivity index is 2.12. The van der Waals surface area contributed by atoms with Gasteiger partial charge in [-0.15, -0.1) is 0 Å². The molecule has 0 radical (unpaired) electrons. The minimum absolute atomic E-state index is 0.106. The molecule has 0 heterocycles. The summed E-state index contributed by atoms with van der Waals surface area (Å²) in [6, 6.07) is 16.6. The summed E-state index contributed by atoms with van der Waals surface area (Å²) in [6.07, 6.45) is 0. The van der Waals surface area contributed by atoms with Gasteiger partial charge in [0.25, 0.3) is 0 Å². The summed E-state index contributed by atoms with van der Waals surface area (Å²) < 4.78 is 0. The Kier molecular flexibility index (Phi) is 5.25. The van der Waals surface area contributed by atoms with Crippen LogP contribution in [0.15, 0.2) is 54.6 Å². The van der Waals surface area contributed by atoms with E-state index in [4.69, 9.17) is 16.7 Å². The smallest absolute Gasteiger partial charge is 0.323 e. The van der Waals surface area contributed by atoms with Crippen LogP contribution >= 0.6 is 11.6 Å². The summed E-state index contributed by atoms with van der Waals surface area (Å²) in [5.41, 5.74) is 1.69. The lowest BCUT2D eigenvalue weighted by Gasteiger charge is -2.20. The van der Waals surface area contributed by atoms with Gasteiger partial charge in [0.2, 0.25) is 0 Å². The van der Waals surface area contributed by atoms with Gasteiger partial charge in [-0.3, -0.25) is 4.79 Å². The van der Waals surface area contributed by atoms with Crippen molar-refractivity contribution >= 4 is 23.3 Å². The van der Waals surface area contributed by atoms with Gasteiger partial charge in [-0.2, -0.15) is 0 Å². The third kappa shape index (κ3) is 4.87. The Morgan fingerprint density at radius 1 is 1.10 bits per heavy atom. The highest BCUT2D eigenvalue weighted by atomic mass is 35.5. The first-order valence-electron chi connectivity index (χ1n) is 6.41. The summed E-state index contributed by atoms with van der Waals surface area (Å²) in [5, 5.41) is 9.62. The maximum atomic E-state index is 11.0. The maximum absolute atomic E-state index is 11.0. The molecule has 0 unspecified atom stereocenters. The summed E-state index contributed by atoms with van der Waals surface area (Å²) in [6.45, 7) is 0.230. The number of aliphatic carboxylic acids is 1. The molecule has 1 N–H and O–H groups in total. The average Bonchev–Trinajstić information content (AvgIpc) is 2.48. The van der Waals surface area contributed by atoms with E-state index in [1.54, 1.807) is 29.2 Å². The van der Waals surface area contributed by atoms with Crippen LogP contribution in [0.25, 0.3) is 0 Å². The Hall–Kier alpha value is -2.44. The van der Waals surface area contributed by atoms with Gasteiger partial charge >= 0.3 is 5.97 Å². The molecule has 21 heavy (non-hydrogen) atoms. The zero-order chi connectivity index (χ0) is 15.1. The first-order chi connectivity index (χ1) is 10.1. The summed E-state index contributed by atoms with van der Waals surface area (Å²) in [4.78, 5) is 12.7. The molecule has 0 saturated carbocycles. The van der Waals surface area contributed by atoms with E-state index in [9.17, 15) is 4.79 Å². The van der Waals surface area contributed by atoms with Crippen molar-refractivity contribution in [2.75, 3.05) is 18.0 Å². The van der Waals surface area contributed by atoms with Crippen molar-refractivity contribution in [3.63, 3.8) is 0 Å². The van der Waals surface area contributed by atoms with E-state index in [2.05, 4.69) is 11.8 Å². The molecule has 0 saturated heterocycles. The SMILES string of the molecule is O=C(O)CN(CC#Cc1ccccc1)c1ccc(Cl)cc1. The zero-order valence-corrected chi connectivity index (χ0v) is 12.0. The van der Waals surface area contributed by atoms with Gasteiger partial charge in [-0.1, -0.05) is 41.6 Å². The first-order valence-corrected chi connectivity index (χ1v) is 6.79. The Morgan fingerprint density at radius 3 is 2.38 bits per heavy atom. The molecule has 0 atom stereocenters. The van der Waals surface area contributed by atoms with Crippen molar-refractivity contribution in [3.8, 4) is 11.8 Å². The van der Waals surface area contributed by atoms with Gasteiger partial charge < -0.3 is 10.0 Å². The highest BCUT2D eigenvalue weighted by molar-refractivity contribution is 6.30. The number of rotatable bonds is 4. The highest BCUT2D eigenvalue weighted by Crippen LogP contribution is 2.17. The minimum Gasteiger partial charge on any atom is -0.480 e. The van der Waals surface area contributed by atoms with Gasteiger partial charge in [0.05, 0.1) is 6.54 Å². The number of hydrogen-bond donors (Lipinski definition) is 1. The third-order valence-electron chi connectivity index (χ3n) is 2.79. The maximum Gasteiger partial charge on any atom is 0.323 e. The number of carbonyl (C=O) groups is 1. The van der Waals surface area contributed by atoms with Crippen molar-refractivity contribution < 1.29 is 9.90 Å². The van der Waals surface area contributed by atoms with E-state index in [-0.39, 0.29) is 6.54 Å². The van der Waals surface area contributed by atoms with E-state index in [0.717, 1.165) is 11.3 Å². The summed E-state index contributed by atoms with van der Waals surface area (Å²) in [5.74, 6) is 5.12. The van der Waals surface area contributed by atoms with Gasteiger partial charge in [-0.05, 0) is 36.4 Å². The molecule has 0 aliphatic heterocycles. The predicted molar refractivity (Wildman–Crippen MR) is 84.6 cm³/mol. The normalized spacial score (nSPS) is 9.57. The van der Waals surface area contributed by atoms with Crippen molar-refractivity contribution in [2.24, 2.45) is 0 Å². The Bertz CT molecular complexity index is 657. The molecule has 0 bridgehead atoms. The molecule has 0 aliphatic rings. The highest BCUT2D eigenvalue weighted by Gasteiger charge is 2.09. The summed E-state index contributed by atoms with van der Waals surface area (Å²) >= 11 is 5.84. The van der Waals surface area contributed by atoms with Crippen LogP contribution in [-0.2, 0) is 4.79 Å². The second-order valence-electron chi connectivity index (χ2n) is 4.39. The summed E-state index contributed by atoms with van der Waals surface area (Å²) in [7, 11) is 0. The van der Waals surface area contributed by atoms with E-state index in [0.29, 0.717) is 11.6 Å². The first kappa shape index (κ1) is 15.0. The monoisotopic (exact) mass is 299 g/mol. The largest absolute Gasteiger partial charge is 0.480 e. The number of nitrogens with zero attached hydrogens (tertiary/aromatic N) is 1. The molecular formula is C17H14ClNO2. The molecule has 0 aromatic heterocycles. The fourth-order valence-electron chi connectivity index (χ4n) is 1.81. The fraction of sp³-hybridized carbons (Fsp3) is 0.118. The van der Waals surface area contributed by atoms with E-state index in [1.807, 2.05) is 30.3 Å². The molecule has 2 aromatic rings. The molecular weight excluding hydrogens is 286 g/mol. The average molecular weight is 300 g/mol. The predicted octanol–water partition coefficient (Wildman–Crippen LogP) is 3.28. The number of carboxylic acids is 1. The topological polar surface area (TPSA) is 40.5 Å². The minimum atomic E-state index is -0.897.